The third-order valence-corrected chi connectivity index (χ3v) is 3.29. The van der Waals surface area contributed by atoms with Gasteiger partial charge in [-0.3, -0.25) is 9.67 Å². The number of hydrogen-bond donors (Lipinski definition) is 1. The van der Waals surface area contributed by atoms with Gasteiger partial charge in [-0.05, 0) is 17.5 Å². The van der Waals surface area contributed by atoms with E-state index in [1.807, 2.05) is 44.3 Å². The molecule has 5 nitrogen and oxygen atoms in total. The summed E-state index contributed by atoms with van der Waals surface area (Å²) in [6.45, 7) is 1.69. The molecule has 1 aromatic carbocycles. The quantitative estimate of drug-likeness (QED) is 0.465. The molecule has 0 aliphatic carbocycles. The number of halogens is 1. The SMILES string of the molecule is CN=C(NCCc1cnn(C)c1)N(C)Cc1ccccc1.I. The highest BCUT2D eigenvalue weighted by atomic mass is 127. The van der Waals surface area contributed by atoms with E-state index in [2.05, 4.69) is 44.6 Å². The number of hydrogen-bond acceptors (Lipinski definition) is 2. The van der Waals surface area contributed by atoms with E-state index >= 15 is 0 Å². The first-order valence-electron chi connectivity index (χ1n) is 7.12. The fraction of sp³-hybridized carbons (Fsp3) is 0.375. The van der Waals surface area contributed by atoms with Crippen LogP contribution >= 0.6 is 24.0 Å². The average molecular weight is 413 g/mol. The number of nitrogens with one attached hydrogen (secondary N) is 1. The normalized spacial score (nSPS) is 11.0. The van der Waals surface area contributed by atoms with Gasteiger partial charge in [0.15, 0.2) is 5.96 Å². The van der Waals surface area contributed by atoms with Crippen molar-refractivity contribution in [3.8, 4) is 0 Å². The molecule has 0 amide bonds. The molecular weight excluding hydrogens is 389 g/mol. The predicted molar refractivity (Wildman–Crippen MR) is 102 cm³/mol. The number of nitrogens with zero attached hydrogens (tertiary/aromatic N) is 4. The summed E-state index contributed by atoms with van der Waals surface area (Å²) in [6.07, 6.45) is 4.88. The third-order valence-electron chi connectivity index (χ3n) is 3.29. The number of aliphatic imine (C=N–C) groups is 1. The van der Waals surface area contributed by atoms with E-state index in [1.54, 1.807) is 0 Å². The second kappa shape index (κ2) is 9.45. The highest BCUT2D eigenvalue weighted by molar-refractivity contribution is 14.0. The van der Waals surface area contributed by atoms with Gasteiger partial charge in [0.2, 0.25) is 0 Å². The lowest BCUT2D eigenvalue weighted by Crippen LogP contribution is -2.39. The number of guanidine groups is 1. The summed E-state index contributed by atoms with van der Waals surface area (Å²) in [5.74, 6) is 0.905. The lowest BCUT2D eigenvalue weighted by molar-refractivity contribution is 0.477. The van der Waals surface area contributed by atoms with E-state index in [0.29, 0.717) is 0 Å². The summed E-state index contributed by atoms with van der Waals surface area (Å²) in [4.78, 5) is 6.45. The van der Waals surface area contributed by atoms with E-state index in [-0.39, 0.29) is 24.0 Å². The molecule has 0 aliphatic rings. The second-order valence-corrected chi connectivity index (χ2v) is 5.09. The zero-order valence-corrected chi connectivity index (χ0v) is 15.7. The molecule has 6 heteroatoms. The Balaban J connectivity index is 0.00000242. The van der Waals surface area contributed by atoms with Crippen LogP contribution in [0.15, 0.2) is 47.7 Å². The maximum atomic E-state index is 4.33. The van der Waals surface area contributed by atoms with Gasteiger partial charge in [-0.15, -0.1) is 24.0 Å². The summed E-state index contributed by atoms with van der Waals surface area (Å²) in [7, 11) is 5.80. The van der Waals surface area contributed by atoms with Gasteiger partial charge in [-0.25, -0.2) is 0 Å². The van der Waals surface area contributed by atoms with Crippen molar-refractivity contribution >= 4 is 29.9 Å². The van der Waals surface area contributed by atoms with Gasteiger partial charge in [0.25, 0.3) is 0 Å². The molecule has 22 heavy (non-hydrogen) atoms. The van der Waals surface area contributed by atoms with Crippen molar-refractivity contribution in [2.45, 2.75) is 13.0 Å². The van der Waals surface area contributed by atoms with Gasteiger partial charge >= 0.3 is 0 Å². The fourth-order valence-electron chi connectivity index (χ4n) is 2.24. The first kappa shape index (κ1) is 18.5. The molecule has 2 aromatic rings. The molecule has 0 spiro atoms. The van der Waals surface area contributed by atoms with Crippen molar-refractivity contribution < 1.29 is 0 Å². The number of aromatic nitrogens is 2. The van der Waals surface area contributed by atoms with Crippen molar-refractivity contribution in [3.63, 3.8) is 0 Å². The highest BCUT2D eigenvalue weighted by Gasteiger charge is 2.06. The van der Waals surface area contributed by atoms with E-state index in [0.717, 1.165) is 25.5 Å². The van der Waals surface area contributed by atoms with Crippen molar-refractivity contribution in [2.24, 2.45) is 12.0 Å². The van der Waals surface area contributed by atoms with Crippen LogP contribution in [0, 0.1) is 0 Å². The molecular formula is C16H24IN5. The molecule has 0 unspecified atom stereocenters. The van der Waals surface area contributed by atoms with Crippen molar-refractivity contribution in [1.82, 2.24) is 20.0 Å². The molecule has 0 atom stereocenters. The largest absolute Gasteiger partial charge is 0.356 e. The minimum atomic E-state index is 0. The third kappa shape index (κ3) is 5.67. The molecule has 0 bridgehead atoms. The second-order valence-electron chi connectivity index (χ2n) is 5.09. The minimum Gasteiger partial charge on any atom is -0.356 e. The standard InChI is InChI=1S/C16H23N5.HI/c1-17-16(18-10-9-15-11-19-21(3)13-15)20(2)12-14-7-5-4-6-8-14;/h4-8,11,13H,9-10,12H2,1-3H3,(H,17,18);1H. The molecule has 120 valence electrons. The molecule has 1 aromatic heterocycles. The molecule has 0 saturated heterocycles. The van der Waals surface area contributed by atoms with Gasteiger partial charge in [0, 0.05) is 40.4 Å². The number of aryl methyl sites for hydroxylation is 1. The molecule has 0 saturated carbocycles. The van der Waals surface area contributed by atoms with Crippen molar-refractivity contribution in [2.75, 3.05) is 20.6 Å². The number of rotatable bonds is 5. The van der Waals surface area contributed by atoms with E-state index in [4.69, 9.17) is 0 Å². The summed E-state index contributed by atoms with van der Waals surface area (Å²) in [6, 6.07) is 10.4. The Morgan fingerprint density at radius 2 is 2.00 bits per heavy atom. The Hall–Kier alpha value is -1.57. The highest BCUT2D eigenvalue weighted by Crippen LogP contribution is 2.03. The van der Waals surface area contributed by atoms with Crippen LogP contribution in [0.25, 0.3) is 0 Å². The van der Waals surface area contributed by atoms with Crippen LogP contribution in [-0.2, 0) is 20.0 Å². The maximum Gasteiger partial charge on any atom is 0.193 e. The van der Waals surface area contributed by atoms with Gasteiger partial charge in [0.1, 0.15) is 0 Å². The van der Waals surface area contributed by atoms with E-state index in [9.17, 15) is 0 Å². The van der Waals surface area contributed by atoms with Crippen LogP contribution in [0.5, 0.6) is 0 Å². The zero-order chi connectivity index (χ0) is 15.1. The lowest BCUT2D eigenvalue weighted by Gasteiger charge is -2.22. The van der Waals surface area contributed by atoms with Gasteiger partial charge in [0.05, 0.1) is 6.20 Å². The first-order chi connectivity index (χ1) is 10.2. The Morgan fingerprint density at radius 3 is 2.59 bits per heavy atom. The molecule has 0 fully saturated rings. The zero-order valence-electron chi connectivity index (χ0n) is 13.4. The Bertz CT molecular complexity index is 579. The summed E-state index contributed by atoms with van der Waals surface area (Å²) < 4.78 is 1.83. The van der Waals surface area contributed by atoms with E-state index in [1.165, 1.54) is 11.1 Å². The van der Waals surface area contributed by atoms with Crippen LogP contribution in [0.1, 0.15) is 11.1 Å². The van der Waals surface area contributed by atoms with Crippen LogP contribution in [0.3, 0.4) is 0 Å². The predicted octanol–water partition coefficient (Wildman–Crippen LogP) is 2.29. The Labute approximate surface area is 149 Å². The van der Waals surface area contributed by atoms with Gasteiger partial charge < -0.3 is 10.2 Å². The van der Waals surface area contributed by atoms with Crippen LogP contribution in [0.2, 0.25) is 0 Å². The van der Waals surface area contributed by atoms with Crippen LogP contribution < -0.4 is 5.32 Å². The van der Waals surface area contributed by atoms with Gasteiger partial charge in [-0.1, -0.05) is 30.3 Å². The lowest BCUT2D eigenvalue weighted by atomic mass is 10.2. The van der Waals surface area contributed by atoms with Crippen LogP contribution in [0.4, 0.5) is 0 Å². The summed E-state index contributed by atoms with van der Waals surface area (Å²) in [5.41, 5.74) is 2.50. The minimum absolute atomic E-state index is 0. The smallest absolute Gasteiger partial charge is 0.193 e. The fourth-order valence-corrected chi connectivity index (χ4v) is 2.24. The average Bonchev–Trinajstić information content (AvgIpc) is 2.90. The molecule has 1 N–H and O–H groups in total. The Kier molecular flexibility index (Phi) is 7.94. The summed E-state index contributed by atoms with van der Waals surface area (Å²) in [5, 5.41) is 7.56. The van der Waals surface area contributed by atoms with Gasteiger partial charge in [-0.2, -0.15) is 5.10 Å². The van der Waals surface area contributed by atoms with Crippen molar-refractivity contribution in [1.29, 1.82) is 0 Å². The first-order valence-corrected chi connectivity index (χ1v) is 7.12. The maximum absolute atomic E-state index is 4.33. The molecule has 0 aliphatic heterocycles. The Morgan fingerprint density at radius 1 is 1.27 bits per heavy atom. The van der Waals surface area contributed by atoms with E-state index < -0.39 is 0 Å². The van der Waals surface area contributed by atoms with Crippen LogP contribution in [-0.4, -0.2) is 41.3 Å². The topological polar surface area (TPSA) is 45.5 Å². The monoisotopic (exact) mass is 413 g/mol. The summed E-state index contributed by atoms with van der Waals surface area (Å²) >= 11 is 0. The van der Waals surface area contributed by atoms with Crippen molar-refractivity contribution in [3.05, 3.63) is 53.9 Å². The molecule has 0 radical (unpaired) electrons. The molecule has 1 heterocycles. The molecule has 2 rings (SSSR count). The number of benzene rings is 1.